The Labute approximate surface area is 98.8 Å². The highest BCUT2D eigenvalue weighted by Gasteiger charge is 2.30. The number of carbonyl (C=O) groups is 1. The van der Waals surface area contributed by atoms with Crippen LogP contribution in [0.4, 0.5) is 0 Å². The second-order valence-electron chi connectivity index (χ2n) is 5.48. The van der Waals surface area contributed by atoms with Crippen LogP contribution in [0.25, 0.3) is 0 Å². The Morgan fingerprint density at radius 1 is 1.06 bits per heavy atom. The molecule has 16 heavy (non-hydrogen) atoms. The van der Waals surface area contributed by atoms with Crippen molar-refractivity contribution in [3.8, 4) is 0 Å². The topological polar surface area (TPSA) is 23.6 Å². The molecule has 0 bridgehead atoms. The van der Waals surface area contributed by atoms with Crippen molar-refractivity contribution in [2.45, 2.75) is 44.6 Å². The van der Waals surface area contributed by atoms with E-state index in [0.717, 1.165) is 18.9 Å². The molecule has 0 aromatic heterocycles. The average Bonchev–Trinajstić information content (AvgIpc) is 2.81. The van der Waals surface area contributed by atoms with Crippen molar-refractivity contribution in [3.05, 3.63) is 0 Å². The van der Waals surface area contributed by atoms with E-state index in [2.05, 4.69) is 4.90 Å². The lowest BCUT2D eigenvalue weighted by Crippen LogP contribution is -2.39. The molecule has 1 aliphatic carbocycles. The minimum absolute atomic E-state index is 0.300. The van der Waals surface area contributed by atoms with Crippen molar-refractivity contribution in [1.82, 2.24) is 9.80 Å². The zero-order valence-electron chi connectivity index (χ0n) is 10.6. The third kappa shape index (κ3) is 2.57. The van der Waals surface area contributed by atoms with Crippen LogP contribution in [0.3, 0.4) is 0 Å². The fraction of sp³-hybridized carbons (Fsp3) is 0.923. The van der Waals surface area contributed by atoms with Gasteiger partial charge in [-0.3, -0.25) is 4.79 Å². The Kier molecular flexibility index (Phi) is 3.85. The van der Waals surface area contributed by atoms with Gasteiger partial charge in [-0.1, -0.05) is 0 Å². The second-order valence-corrected chi connectivity index (χ2v) is 5.48. The molecule has 1 saturated carbocycles. The SMILES string of the molecule is CN(C)C(=O)[C@H]1CC[C@@H](N2CCCC2)CC1. The Hall–Kier alpha value is -0.570. The molecule has 2 aliphatic rings. The minimum atomic E-state index is 0.300. The van der Waals surface area contributed by atoms with Gasteiger partial charge in [-0.25, -0.2) is 0 Å². The highest BCUT2D eigenvalue weighted by atomic mass is 16.2. The lowest BCUT2D eigenvalue weighted by atomic mass is 9.84. The van der Waals surface area contributed by atoms with Gasteiger partial charge in [-0.15, -0.1) is 0 Å². The van der Waals surface area contributed by atoms with Gasteiger partial charge in [-0.05, 0) is 51.6 Å². The van der Waals surface area contributed by atoms with Gasteiger partial charge in [0, 0.05) is 26.1 Å². The van der Waals surface area contributed by atoms with Crippen molar-refractivity contribution >= 4 is 5.91 Å². The van der Waals surface area contributed by atoms with E-state index in [0.29, 0.717) is 11.8 Å². The summed E-state index contributed by atoms with van der Waals surface area (Å²) < 4.78 is 0. The zero-order chi connectivity index (χ0) is 11.5. The number of rotatable bonds is 2. The Balaban J connectivity index is 1.80. The van der Waals surface area contributed by atoms with E-state index in [-0.39, 0.29) is 0 Å². The smallest absolute Gasteiger partial charge is 0.225 e. The molecule has 0 radical (unpaired) electrons. The van der Waals surface area contributed by atoms with E-state index in [4.69, 9.17) is 0 Å². The summed E-state index contributed by atoms with van der Waals surface area (Å²) in [6, 6.07) is 0.772. The number of amides is 1. The summed E-state index contributed by atoms with van der Waals surface area (Å²) in [4.78, 5) is 16.2. The molecule has 92 valence electrons. The van der Waals surface area contributed by atoms with Gasteiger partial charge in [-0.2, -0.15) is 0 Å². The number of likely N-dealkylation sites (tertiary alicyclic amines) is 1. The summed E-state index contributed by atoms with van der Waals surface area (Å²) in [5, 5.41) is 0. The first kappa shape index (κ1) is 11.9. The van der Waals surface area contributed by atoms with Crippen LogP contribution >= 0.6 is 0 Å². The Morgan fingerprint density at radius 2 is 1.62 bits per heavy atom. The second kappa shape index (κ2) is 5.17. The van der Waals surface area contributed by atoms with Gasteiger partial charge < -0.3 is 9.80 Å². The number of hydrogen-bond acceptors (Lipinski definition) is 2. The van der Waals surface area contributed by atoms with Crippen LogP contribution in [0.2, 0.25) is 0 Å². The van der Waals surface area contributed by atoms with Crippen molar-refractivity contribution in [2.24, 2.45) is 5.92 Å². The molecular weight excluding hydrogens is 200 g/mol. The van der Waals surface area contributed by atoms with Crippen LogP contribution in [-0.4, -0.2) is 48.9 Å². The van der Waals surface area contributed by atoms with E-state index in [9.17, 15) is 4.79 Å². The summed E-state index contributed by atoms with van der Waals surface area (Å²) >= 11 is 0. The first-order valence-electron chi connectivity index (χ1n) is 6.63. The highest BCUT2D eigenvalue weighted by Crippen LogP contribution is 2.30. The Morgan fingerprint density at radius 3 is 2.12 bits per heavy atom. The van der Waals surface area contributed by atoms with Crippen molar-refractivity contribution < 1.29 is 4.79 Å². The monoisotopic (exact) mass is 224 g/mol. The van der Waals surface area contributed by atoms with Crippen LogP contribution in [0.1, 0.15) is 38.5 Å². The van der Waals surface area contributed by atoms with Crippen LogP contribution < -0.4 is 0 Å². The molecule has 1 saturated heterocycles. The fourth-order valence-electron chi connectivity index (χ4n) is 3.16. The summed E-state index contributed by atoms with van der Waals surface area (Å²) in [5.41, 5.74) is 0. The maximum atomic E-state index is 11.8. The lowest BCUT2D eigenvalue weighted by Gasteiger charge is -2.34. The van der Waals surface area contributed by atoms with E-state index >= 15 is 0 Å². The molecule has 2 rings (SSSR count). The molecule has 0 atom stereocenters. The Bertz CT molecular complexity index is 238. The molecule has 0 aromatic rings. The third-order valence-electron chi connectivity index (χ3n) is 4.14. The fourth-order valence-corrected chi connectivity index (χ4v) is 3.16. The number of carbonyl (C=O) groups excluding carboxylic acids is 1. The van der Waals surface area contributed by atoms with Gasteiger partial charge in [0.1, 0.15) is 0 Å². The average molecular weight is 224 g/mol. The summed E-state index contributed by atoms with van der Waals surface area (Å²) in [5.74, 6) is 0.633. The highest BCUT2D eigenvalue weighted by molar-refractivity contribution is 5.78. The van der Waals surface area contributed by atoms with E-state index in [1.54, 1.807) is 4.90 Å². The largest absolute Gasteiger partial charge is 0.349 e. The summed E-state index contributed by atoms with van der Waals surface area (Å²) in [6.07, 6.45) is 7.39. The zero-order valence-corrected chi connectivity index (χ0v) is 10.6. The van der Waals surface area contributed by atoms with Crippen LogP contribution in [0.15, 0.2) is 0 Å². The third-order valence-corrected chi connectivity index (χ3v) is 4.14. The van der Waals surface area contributed by atoms with Crippen molar-refractivity contribution in [3.63, 3.8) is 0 Å². The van der Waals surface area contributed by atoms with Crippen LogP contribution in [0.5, 0.6) is 0 Å². The molecule has 3 heteroatoms. The van der Waals surface area contributed by atoms with Crippen molar-refractivity contribution in [1.29, 1.82) is 0 Å². The molecule has 3 nitrogen and oxygen atoms in total. The molecule has 1 heterocycles. The number of nitrogens with zero attached hydrogens (tertiary/aromatic N) is 2. The standard InChI is InChI=1S/C13H24N2O/c1-14(2)13(16)11-5-7-12(8-6-11)15-9-3-4-10-15/h11-12H,3-10H2,1-2H3/t11-,12+. The maximum Gasteiger partial charge on any atom is 0.225 e. The quantitative estimate of drug-likeness (QED) is 0.713. The van der Waals surface area contributed by atoms with Crippen LogP contribution in [-0.2, 0) is 4.79 Å². The van der Waals surface area contributed by atoms with Gasteiger partial charge >= 0.3 is 0 Å². The van der Waals surface area contributed by atoms with Gasteiger partial charge in [0.2, 0.25) is 5.91 Å². The first-order valence-corrected chi connectivity index (χ1v) is 6.63. The van der Waals surface area contributed by atoms with E-state index in [1.807, 2.05) is 14.1 Å². The number of hydrogen-bond donors (Lipinski definition) is 0. The predicted octanol–water partition coefficient (Wildman–Crippen LogP) is 1.73. The molecular formula is C13H24N2O. The molecule has 1 aliphatic heterocycles. The van der Waals surface area contributed by atoms with E-state index in [1.165, 1.54) is 38.8 Å². The molecule has 0 spiro atoms. The summed E-state index contributed by atoms with van der Waals surface area (Å²) in [7, 11) is 3.74. The predicted molar refractivity (Wildman–Crippen MR) is 65.2 cm³/mol. The van der Waals surface area contributed by atoms with Crippen LogP contribution in [0, 0.1) is 5.92 Å². The summed E-state index contributed by atoms with van der Waals surface area (Å²) in [6.45, 7) is 2.58. The van der Waals surface area contributed by atoms with Gasteiger partial charge in [0.05, 0.1) is 0 Å². The minimum Gasteiger partial charge on any atom is -0.349 e. The lowest BCUT2D eigenvalue weighted by molar-refractivity contribution is -0.134. The first-order chi connectivity index (χ1) is 7.68. The maximum absolute atomic E-state index is 11.8. The molecule has 0 aromatic carbocycles. The van der Waals surface area contributed by atoms with Gasteiger partial charge in [0.15, 0.2) is 0 Å². The molecule has 2 fully saturated rings. The molecule has 0 N–H and O–H groups in total. The van der Waals surface area contributed by atoms with Crippen molar-refractivity contribution in [2.75, 3.05) is 27.2 Å². The van der Waals surface area contributed by atoms with Gasteiger partial charge in [0.25, 0.3) is 0 Å². The normalized spacial score (nSPS) is 31.6. The molecule has 1 amide bonds. The van der Waals surface area contributed by atoms with E-state index < -0.39 is 0 Å². The molecule has 0 unspecified atom stereocenters.